The summed E-state index contributed by atoms with van der Waals surface area (Å²) in [5, 5.41) is 9.79. The molecule has 0 saturated heterocycles. The minimum Gasteiger partial charge on any atom is -0.360 e. The molecule has 20 heavy (non-hydrogen) atoms. The molecule has 0 aliphatic carbocycles. The van der Waals surface area contributed by atoms with Crippen molar-refractivity contribution in [1.29, 1.82) is 5.26 Å². The molecule has 1 N–H and O–H groups in total. The normalized spacial score (nSPS) is 11.2. The van der Waals surface area contributed by atoms with Gasteiger partial charge in [-0.2, -0.15) is 0 Å². The third-order valence-electron chi connectivity index (χ3n) is 3.28. The van der Waals surface area contributed by atoms with Crippen LogP contribution in [0.1, 0.15) is 31.1 Å². The van der Waals surface area contributed by atoms with E-state index >= 15 is 0 Å². The number of nitrogens with one attached hydrogen (secondary N) is 1. The van der Waals surface area contributed by atoms with Gasteiger partial charge in [-0.25, -0.2) is 5.26 Å². The van der Waals surface area contributed by atoms with Gasteiger partial charge in [0.25, 0.3) is 6.71 Å². The van der Waals surface area contributed by atoms with E-state index in [1.165, 1.54) is 0 Å². The summed E-state index contributed by atoms with van der Waals surface area (Å²) in [6.45, 7) is 7.29. The fourth-order valence-electron chi connectivity index (χ4n) is 1.88. The van der Waals surface area contributed by atoms with Crippen LogP contribution in [-0.2, 0) is 0 Å². The molecule has 0 fully saturated rings. The van der Waals surface area contributed by atoms with Crippen LogP contribution in [0.4, 0.5) is 0 Å². The standard InChI is InChI=1S/C13H12BBrN2O.C2H6/c1-8(14(2)7-16)13(18)11-6-17-12-4-3-9(15)5-10(11)12;1-2/h3-6,8,17H,1-2H3;1-2H3. The predicted octanol–water partition coefficient (Wildman–Crippen LogP) is 4.72. The van der Waals surface area contributed by atoms with Crippen molar-refractivity contribution in [2.24, 2.45) is 0 Å². The number of aromatic amines is 1. The van der Waals surface area contributed by atoms with E-state index < -0.39 is 0 Å². The summed E-state index contributed by atoms with van der Waals surface area (Å²) in [6, 6.07) is 5.77. The van der Waals surface area contributed by atoms with Gasteiger partial charge in [-0.05, 0) is 18.2 Å². The second-order valence-corrected chi connectivity index (χ2v) is 5.38. The van der Waals surface area contributed by atoms with Crippen LogP contribution >= 0.6 is 15.9 Å². The van der Waals surface area contributed by atoms with Crippen molar-refractivity contribution >= 4 is 39.3 Å². The molecule has 0 amide bonds. The number of nitrogens with zero attached hydrogens (tertiary/aromatic N) is 1. The monoisotopic (exact) mass is 332 g/mol. The van der Waals surface area contributed by atoms with Crippen molar-refractivity contribution in [2.45, 2.75) is 33.4 Å². The van der Waals surface area contributed by atoms with Crippen LogP contribution in [0, 0.1) is 11.2 Å². The van der Waals surface area contributed by atoms with Crippen LogP contribution < -0.4 is 0 Å². The maximum atomic E-state index is 12.3. The molecule has 2 aromatic rings. The fraction of sp³-hybridized carbons (Fsp3) is 0.333. The fourth-order valence-corrected chi connectivity index (χ4v) is 2.24. The number of Topliss-reactive ketones (excluding diaryl/α,β-unsaturated/α-hetero) is 1. The maximum Gasteiger partial charge on any atom is 0.275 e. The number of carbonyl (C=O) groups is 1. The average molecular weight is 333 g/mol. The molecule has 0 aliphatic rings. The molecule has 0 aliphatic heterocycles. The van der Waals surface area contributed by atoms with Gasteiger partial charge in [0.05, 0.1) is 0 Å². The third kappa shape index (κ3) is 3.32. The molecule has 0 radical (unpaired) electrons. The number of nitriles is 1. The Morgan fingerprint density at radius 1 is 1.45 bits per heavy atom. The molecular weight excluding hydrogens is 315 g/mol. The van der Waals surface area contributed by atoms with Crippen LogP contribution in [0.3, 0.4) is 0 Å². The highest BCUT2D eigenvalue weighted by molar-refractivity contribution is 9.10. The summed E-state index contributed by atoms with van der Waals surface area (Å²) < 4.78 is 0.935. The van der Waals surface area contributed by atoms with E-state index in [2.05, 4.69) is 26.9 Å². The van der Waals surface area contributed by atoms with Crippen LogP contribution in [-0.4, -0.2) is 17.5 Å². The highest BCUT2D eigenvalue weighted by Gasteiger charge is 2.26. The Balaban J connectivity index is 0.000000956. The van der Waals surface area contributed by atoms with Crippen molar-refractivity contribution in [3.8, 4) is 5.97 Å². The summed E-state index contributed by atoms with van der Waals surface area (Å²) in [5.74, 6) is 1.84. The topological polar surface area (TPSA) is 56.6 Å². The number of carbonyl (C=O) groups excluding carboxylic acids is 1. The minimum absolute atomic E-state index is 0.00778. The molecule has 2 rings (SSSR count). The predicted molar refractivity (Wildman–Crippen MR) is 88.3 cm³/mol. The first-order chi connectivity index (χ1) is 9.54. The van der Waals surface area contributed by atoms with Crippen LogP contribution in [0.2, 0.25) is 12.6 Å². The molecule has 1 aromatic heterocycles. The van der Waals surface area contributed by atoms with E-state index in [0.29, 0.717) is 5.56 Å². The molecule has 104 valence electrons. The van der Waals surface area contributed by atoms with Gasteiger partial charge in [0, 0.05) is 38.9 Å². The lowest BCUT2D eigenvalue weighted by molar-refractivity contribution is 0.0989. The second kappa shape index (κ2) is 7.30. The lowest BCUT2D eigenvalue weighted by Gasteiger charge is -2.08. The lowest BCUT2D eigenvalue weighted by Crippen LogP contribution is -2.20. The van der Waals surface area contributed by atoms with Crippen LogP contribution in [0.5, 0.6) is 0 Å². The van der Waals surface area contributed by atoms with E-state index in [-0.39, 0.29) is 18.3 Å². The Bertz CT molecular complexity index is 645. The molecule has 0 spiro atoms. The molecule has 1 heterocycles. The van der Waals surface area contributed by atoms with Gasteiger partial charge in [0.1, 0.15) is 0 Å². The highest BCUT2D eigenvalue weighted by Crippen LogP contribution is 2.26. The lowest BCUT2D eigenvalue weighted by atomic mass is 9.43. The number of halogens is 1. The summed E-state index contributed by atoms with van der Waals surface area (Å²) in [5.41, 5.74) is 1.58. The smallest absolute Gasteiger partial charge is 0.275 e. The van der Waals surface area contributed by atoms with Crippen LogP contribution in [0.25, 0.3) is 10.9 Å². The van der Waals surface area contributed by atoms with Gasteiger partial charge in [-0.1, -0.05) is 43.5 Å². The highest BCUT2D eigenvalue weighted by atomic mass is 79.9. The van der Waals surface area contributed by atoms with Crippen molar-refractivity contribution in [2.75, 3.05) is 0 Å². The molecule has 1 aromatic carbocycles. The number of benzene rings is 1. The van der Waals surface area contributed by atoms with E-state index in [4.69, 9.17) is 5.26 Å². The SMILES string of the molecule is CB(C#N)C(C)C(=O)c1c[nH]c2ccc(Br)cc12.CC. The van der Waals surface area contributed by atoms with Crippen molar-refractivity contribution in [3.05, 3.63) is 34.4 Å². The third-order valence-corrected chi connectivity index (χ3v) is 3.77. The van der Waals surface area contributed by atoms with Gasteiger partial charge in [-0.15, -0.1) is 0 Å². The average Bonchev–Trinajstić information content (AvgIpc) is 2.89. The maximum absolute atomic E-state index is 12.3. The number of hydrogen-bond donors (Lipinski definition) is 1. The first-order valence-electron chi connectivity index (χ1n) is 6.75. The van der Waals surface area contributed by atoms with Gasteiger partial charge < -0.3 is 4.98 Å². The quantitative estimate of drug-likeness (QED) is 0.653. The zero-order valence-corrected chi connectivity index (χ0v) is 13.8. The van der Waals surface area contributed by atoms with Crippen molar-refractivity contribution in [3.63, 3.8) is 0 Å². The molecule has 5 heteroatoms. The number of rotatable bonds is 3. The molecule has 1 unspecified atom stereocenters. The van der Waals surface area contributed by atoms with Crippen molar-refractivity contribution < 1.29 is 4.79 Å². The van der Waals surface area contributed by atoms with E-state index in [1.54, 1.807) is 19.9 Å². The summed E-state index contributed by atoms with van der Waals surface area (Å²) in [4.78, 5) is 15.4. The first kappa shape index (κ1) is 16.5. The van der Waals surface area contributed by atoms with Gasteiger partial charge >= 0.3 is 0 Å². The number of H-pyrrole nitrogens is 1. The largest absolute Gasteiger partial charge is 0.360 e. The summed E-state index contributed by atoms with van der Waals surface area (Å²) in [7, 11) is 0. The number of fused-ring (bicyclic) bond motifs is 1. The van der Waals surface area contributed by atoms with Gasteiger partial charge in [0.2, 0.25) is 0 Å². The Kier molecular flexibility index (Phi) is 6.03. The van der Waals surface area contributed by atoms with Crippen molar-refractivity contribution in [1.82, 2.24) is 4.98 Å². The number of aromatic nitrogens is 1. The minimum atomic E-state index is -0.298. The Hall–Kier alpha value is -1.54. The Morgan fingerprint density at radius 2 is 2.10 bits per heavy atom. The molecular formula is C15H18BBrN2O. The second-order valence-electron chi connectivity index (χ2n) is 4.46. The number of ketones is 1. The van der Waals surface area contributed by atoms with E-state index in [1.807, 2.05) is 32.0 Å². The zero-order chi connectivity index (χ0) is 15.3. The van der Waals surface area contributed by atoms with Gasteiger partial charge in [0.15, 0.2) is 5.78 Å². The Labute approximate surface area is 128 Å². The number of hydrogen-bond acceptors (Lipinski definition) is 2. The first-order valence-corrected chi connectivity index (χ1v) is 7.54. The molecule has 3 nitrogen and oxygen atoms in total. The zero-order valence-electron chi connectivity index (χ0n) is 12.2. The van der Waals surface area contributed by atoms with Crippen LogP contribution in [0.15, 0.2) is 28.9 Å². The summed E-state index contributed by atoms with van der Waals surface area (Å²) >= 11 is 3.40. The molecule has 0 bridgehead atoms. The van der Waals surface area contributed by atoms with E-state index in [9.17, 15) is 4.79 Å². The summed E-state index contributed by atoms with van der Waals surface area (Å²) in [6.07, 6.45) is 1.72. The Morgan fingerprint density at radius 3 is 2.70 bits per heavy atom. The van der Waals surface area contributed by atoms with Gasteiger partial charge in [-0.3, -0.25) is 4.79 Å². The molecule has 0 saturated carbocycles. The van der Waals surface area contributed by atoms with E-state index in [0.717, 1.165) is 15.4 Å². The molecule has 1 atom stereocenters.